The van der Waals surface area contributed by atoms with Crippen LogP contribution in [0.15, 0.2) is 12.2 Å². The molecule has 0 N–H and O–H groups in total. The van der Waals surface area contributed by atoms with Gasteiger partial charge in [0, 0.05) is 0 Å². The topological polar surface area (TPSA) is 114 Å². The molecule has 6 atom stereocenters. The van der Waals surface area contributed by atoms with Gasteiger partial charge >= 0.3 is 30.1 Å². The Kier molecular flexibility index (Phi) is 5.46. The summed E-state index contributed by atoms with van der Waals surface area (Å²) in [6, 6.07) is 0. The smallest absolute Gasteiger partial charge is 0.422 e. The van der Waals surface area contributed by atoms with Crippen molar-refractivity contribution >= 4 is 23.9 Å². The SMILES string of the molecule is C=C(C(=O)OC1(CC(=O)OC2C3OC(=O)C4C3OC2C4C(=O)OC)CCCC1)C(F)(F)F. The second kappa shape index (κ2) is 7.75. The molecule has 3 aliphatic heterocycles. The number of fused-ring (bicyclic) bond motifs is 1. The molecule has 1 aliphatic carbocycles. The first-order valence-corrected chi connectivity index (χ1v) is 10.1. The maximum atomic E-state index is 12.8. The van der Waals surface area contributed by atoms with Gasteiger partial charge in [-0.15, -0.1) is 0 Å². The van der Waals surface area contributed by atoms with Crippen LogP contribution in [0.2, 0.25) is 0 Å². The van der Waals surface area contributed by atoms with E-state index in [0.29, 0.717) is 12.8 Å². The van der Waals surface area contributed by atoms with Crippen LogP contribution >= 0.6 is 0 Å². The van der Waals surface area contributed by atoms with Crippen LogP contribution in [0, 0.1) is 11.8 Å². The van der Waals surface area contributed by atoms with Gasteiger partial charge in [0.05, 0.1) is 13.5 Å². The normalized spacial score (nSPS) is 34.2. The Morgan fingerprint density at radius 3 is 2.41 bits per heavy atom. The molecule has 4 aliphatic rings. The first-order chi connectivity index (χ1) is 15.0. The zero-order valence-electron chi connectivity index (χ0n) is 17.0. The molecule has 0 radical (unpaired) electrons. The van der Waals surface area contributed by atoms with Crippen LogP contribution in [0.25, 0.3) is 0 Å². The van der Waals surface area contributed by atoms with E-state index >= 15 is 0 Å². The molecule has 9 nitrogen and oxygen atoms in total. The van der Waals surface area contributed by atoms with Gasteiger partial charge in [-0.3, -0.25) is 14.4 Å². The van der Waals surface area contributed by atoms with E-state index in [0.717, 1.165) is 7.11 Å². The predicted octanol–water partition coefficient (Wildman–Crippen LogP) is 1.37. The monoisotopic (exact) mass is 462 g/mol. The van der Waals surface area contributed by atoms with Gasteiger partial charge < -0.3 is 23.7 Å². The number of ether oxygens (including phenoxy) is 5. The molecule has 2 bridgehead atoms. The minimum Gasteiger partial charge on any atom is -0.469 e. The van der Waals surface area contributed by atoms with E-state index in [1.165, 1.54) is 0 Å². The van der Waals surface area contributed by atoms with Crippen LogP contribution < -0.4 is 0 Å². The van der Waals surface area contributed by atoms with E-state index in [1.54, 1.807) is 0 Å². The Bertz CT molecular complexity index is 861. The lowest BCUT2D eigenvalue weighted by molar-refractivity contribution is -0.176. The average molecular weight is 462 g/mol. The molecule has 176 valence electrons. The van der Waals surface area contributed by atoms with Crippen LogP contribution in [0.5, 0.6) is 0 Å². The molecule has 32 heavy (non-hydrogen) atoms. The molecular weight excluding hydrogens is 441 g/mol. The zero-order valence-corrected chi connectivity index (χ0v) is 17.0. The molecule has 6 unspecified atom stereocenters. The molecule has 0 spiro atoms. The standard InChI is InChI=1S/C20H21F3O9/c1-8(20(21,22)23)16(25)32-19(5-3-4-6-19)7-9(24)29-14-12-10(17(26)28-2)11-13(30-12)15(14)31-18(11)27/h10-15H,1,3-7H2,2H3. The highest BCUT2D eigenvalue weighted by atomic mass is 19.4. The van der Waals surface area contributed by atoms with Crippen LogP contribution in [-0.4, -0.2) is 67.2 Å². The number of halogens is 3. The fraction of sp³-hybridized carbons (Fsp3) is 0.700. The second-order valence-corrected chi connectivity index (χ2v) is 8.43. The van der Waals surface area contributed by atoms with Crippen molar-refractivity contribution in [2.75, 3.05) is 7.11 Å². The molecule has 1 saturated carbocycles. The third kappa shape index (κ3) is 3.63. The Labute approximate surface area is 180 Å². The van der Waals surface area contributed by atoms with Gasteiger partial charge in [0.25, 0.3) is 0 Å². The van der Waals surface area contributed by atoms with E-state index in [9.17, 15) is 32.3 Å². The minimum atomic E-state index is -4.95. The molecule has 3 heterocycles. The maximum Gasteiger partial charge on any atom is 0.422 e. The number of carbonyl (C=O) groups excluding carboxylic acids is 4. The third-order valence-corrected chi connectivity index (χ3v) is 6.52. The van der Waals surface area contributed by atoms with Crippen molar-refractivity contribution in [1.82, 2.24) is 0 Å². The van der Waals surface area contributed by atoms with Gasteiger partial charge in [-0.05, 0) is 25.7 Å². The fourth-order valence-electron chi connectivity index (χ4n) is 5.04. The van der Waals surface area contributed by atoms with Crippen LogP contribution in [-0.2, 0) is 42.9 Å². The minimum absolute atomic E-state index is 0.178. The summed E-state index contributed by atoms with van der Waals surface area (Å²) >= 11 is 0. The van der Waals surface area contributed by atoms with Gasteiger partial charge in [0.2, 0.25) is 0 Å². The summed E-state index contributed by atoms with van der Waals surface area (Å²) in [6.45, 7) is 2.73. The summed E-state index contributed by atoms with van der Waals surface area (Å²) in [5.41, 5.74) is -3.12. The van der Waals surface area contributed by atoms with Crippen molar-refractivity contribution < 1.29 is 56.0 Å². The summed E-state index contributed by atoms with van der Waals surface area (Å²) in [5, 5.41) is 0. The molecule has 4 rings (SSSR count). The van der Waals surface area contributed by atoms with Crippen molar-refractivity contribution in [3.63, 3.8) is 0 Å². The van der Waals surface area contributed by atoms with Gasteiger partial charge in [-0.25, -0.2) is 4.79 Å². The molecular formula is C20H21F3O9. The zero-order chi connectivity index (χ0) is 23.4. The lowest BCUT2D eigenvalue weighted by Crippen LogP contribution is -2.48. The lowest BCUT2D eigenvalue weighted by atomic mass is 9.78. The number of rotatable bonds is 6. The summed E-state index contributed by atoms with van der Waals surface area (Å²) in [4.78, 5) is 49.0. The summed E-state index contributed by atoms with van der Waals surface area (Å²) in [6.07, 6.45) is -7.70. The average Bonchev–Trinajstić information content (AvgIpc) is 3.44. The Morgan fingerprint density at radius 2 is 1.81 bits per heavy atom. The van der Waals surface area contributed by atoms with Gasteiger partial charge in [-0.1, -0.05) is 6.58 Å². The van der Waals surface area contributed by atoms with E-state index in [2.05, 4.69) is 6.58 Å². The van der Waals surface area contributed by atoms with Crippen molar-refractivity contribution in [1.29, 1.82) is 0 Å². The Morgan fingerprint density at radius 1 is 1.16 bits per heavy atom. The number of alkyl halides is 3. The highest BCUT2D eigenvalue weighted by molar-refractivity contribution is 5.90. The molecule has 3 saturated heterocycles. The molecule has 0 aromatic carbocycles. The van der Waals surface area contributed by atoms with Gasteiger partial charge in [-0.2, -0.15) is 13.2 Å². The van der Waals surface area contributed by atoms with Crippen LogP contribution in [0.1, 0.15) is 32.1 Å². The van der Waals surface area contributed by atoms with Gasteiger partial charge in [0.1, 0.15) is 35.2 Å². The van der Waals surface area contributed by atoms with Crippen LogP contribution in [0.3, 0.4) is 0 Å². The molecule has 0 aromatic rings. The Hall–Kier alpha value is -2.63. The quantitative estimate of drug-likeness (QED) is 0.328. The molecule has 0 aromatic heterocycles. The first kappa shape index (κ1) is 22.6. The molecule has 12 heteroatoms. The van der Waals surface area contributed by atoms with E-state index in [-0.39, 0.29) is 12.8 Å². The number of hydrogen-bond donors (Lipinski definition) is 0. The molecule has 4 fully saturated rings. The highest BCUT2D eigenvalue weighted by Crippen LogP contribution is 2.51. The fourth-order valence-corrected chi connectivity index (χ4v) is 5.04. The van der Waals surface area contributed by atoms with Crippen molar-refractivity contribution in [3.8, 4) is 0 Å². The van der Waals surface area contributed by atoms with Crippen molar-refractivity contribution in [3.05, 3.63) is 12.2 Å². The summed E-state index contributed by atoms with van der Waals surface area (Å²) < 4.78 is 64.5. The largest absolute Gasteiger partial charge is 0.469 e. The van der Waals surface area contributed by atoms with E-state index in [4.69, 9.17) is 23.7 Å². The number of methoxy groups -OCH3 is 1. The summed E-state index contributed by atoms with van der Waals surface area (Å²) in [7, 11) is 1.15. The molecule has 0 amide bonds. The number of hydrogen-bond acceptors (Lipinski definition) is 9. The second-order valence-electron chi connectivity index (χ2n) is 8.43. The van der Waals surface area contributed by atoms with Gasteiger partial charge in [0.15, 0.2) is 12.2 Å². The van der Waals surface area contributed by atoms with E-state index in [1.807, 2.05) is 0 Å². The third-order valence-electron chi connectivity index (χ3n) is 6.52. The van der Waals surface area contributed by atoms with Crippen molar-refractivity contribution in [2.45, 2.75) is 68.3 Å². The number of esters is 4. The van der Waals surface area contributed by atoms with Crippen molar-refractivity contribution in [2.24, 2.45) is 11.8 Å². The predicted molar refractivity (Wildman–Crippen MR) is 94.5 cm³/mol. The summed E-state index contributed by atoms with van der Waals surface area (Å²) in [5.74, 6) is -5.71. The first-order valence-electron chi connectivity index (χ1n) is 10.1. The van der Waals surface area contributed by atoms with E-state index < -0.39 is 83.9 Å². The maximum absolute atomic E-state index is 12.8. The lowest BCUT2D eigenvalue weighted by Gasteiger charge is -2.31. The Balaban J connectivity index is 1.45. The highest BCUT2D eigenvalue weighted by Gasteiger charge is 2.72. The van der Waals surface area contributed by atoms with Crippen LogP contribution in [0.4, 0.5) is 13.2 Å². The number of carbonyl (C=O) groups is 4.